The minimum absolute atomic E-state index is 0.716. The minimum atomic E-state index is 0.716. The second-order valence-electron chi connectivity index (χ2n) is 2.86. The van der Waals surface area contributed by atoms with Gasteiger partial charge in [0.05, 0.1) is 24.6 Å². The first-order chi connectivity index (χ1) is 5.95. The van der Waals surface area contributed by atoms with Gasteiger partial charge in [0.15, 0.2) is 4.96 Å². The highest BCUT2D eigenvalue weighted by Gasteiger charge is 2.16. The van der Waals surface area contributed by atoms with Gasteiger partial charge in [-0.25, -0.2) is 4.98 Å². The van der Waals surface area contributed by atoms with Gasteiger partial charge in [-0.3, -0.25) is 4.40 Å². The van der Waals surface area contributed by atoms with Crippen LogP contribution in [-0.2, 0) is 17.8 Å². The zero-order valence-electron chi connectivity index (χ0n) is 6.49. The predicted molar refractivity (Wildman–Crippen MR) is 46.4 cm³/mol. The van der Waals surface area contributed by atoms with Crippen molar-refractivity contribution in [1.29, 1.82) is 0 Å². The van der Waals surface area contributed by atoms with E-state index in [1.165, 1.54) is 11.4 Å². The monoisotopic (exact) mass is 180 g/mol. The van der Waals surface area contributed by atoms with Gasteiger partial charge >= 0.3 is 0 Å². The average Bonchev–Trinajstić information content (AvgIpc) is 2.62. The lowest BCUT2D eigenvalue weighted by molar-refractivity contribution is 0.106. The number of hydrogen-bond acceptors (Lipinski definition) is 3. The van der Waals surface area contributed by atoms with Crippen molar-refractivity contribution in [2.24, 2.45) is 0 Å². The molecule has 1 aliphatic heterocycles. The van der Waals surface area contributed by atoms with E-state index in [1.807, 2.05) is 0 Å². The van der Waals surface area contributed by atoms with E-state index in [1.54, 1.807) is 11.3 Å². The quantitative estimate of drug-likeness (QED) is 0.613. The third-order valence-corrected chi connectivity index (χ3v) is 2.92. The highest BCUT2D eigenvalue weighted by atomic mass is 32.1. The topological polar surface area (TPSA) is 26.5 Å². The Hall–Kier alpha value is -0.870. The lowest BCUT2D eigenvalue weighted by Gasteiger charge is -2.10. The van der Waals surface area contributed by atoms with Crippen molar-refractivity contribution >= 4 is 16.3 Å². The largest absolute Gasteiger partial charge is 0.375 e. The Labute approximate surface area is 73.6 Å². The van der Waals surface area contributed by atoms with Gasteiger partial charge in [0.1, 0.15) is 0 Å². The molecule has 0 aromatic carbocycles. The number of ether oxygens (including phenoxy) is 1. The Kier molecular flexibility index (Phi) is 1.27. The molecule has 2 aromatic heterocycles. The number of imidazole rings is 1. The SMILES string of the molecule is c1cn2c3c(nc2s1)CCOC3. The predicted octanol–water partition coefficient (Wildman–Crippen LogP) is 1.47. The number of thiazole rings is 1. The van der Waals surface area contributed by atoms with Crippen LogP contribution >= 0.6 is 11.3 Å². The summed E-state index contributed by atoms with van der Waals surface area (Å²) >= 11 is 1.68. The molecule has 0 fully saturated rings. The molecule has 0 saturated heterocycles. The first-order valence-electron chi connectivity index (χ1n) is 3.96. The summed E-state index contributed by atoms with van der Waals surface area (Å²) in [6.07, 6.45) is 3.02. The fourth-order valence-corrected chi connectivity index (χ4v) is 2.32. The fraction of sp³-hybridized carbons (Fsp3) is 0.375. The van der Waals surface area contributed by atoms with Crippen LogP contribution in [0.3, 0.4) is 0 Å². The van der Waals surface area contributed by atoms with Crippen molar-refractivity contribution in [3.05, 3.63) is 23.0 Å². The molecule has 0 aliphatic carbocycles. The maximum atomic E-state index is 5.38. The van der Waals surface area contributed by atoms with Gasteiger partial charge in [-0.05, 0) is 0 Å². The number of rotatable bonds is 0. The molecule has 0 saturated carbocycles. The first-order valence-corrected chi connectivity index (χ1v) is 4.84. The van der Waals surface area contributed by atoms with Crippen LogP contribution in [0.2, 0.25) is 0 Å². The van der Waals surface area contributed by atoms with Gasteiger partial charge in [0, 0.05) is 18.0 Å². The normalized spacial score (nSPS) is 16.7. The van der Waals surface area contributed by atoms with Crippen LogP contribution in [0.25, 0.3) is 4.96 Å². The molecule has 0 unspecified atom stereocenters. The van der Waals surface area contributed by atoms with E-state index in [0.29, 0.717) is 6.61 Å². The summed E-state index contributed by atoms with van der Waals surface area (Å²) in [5, 5.41) is 2.05. The van der Waals surface area contributed by atoms with E-state index in [4.69, 9.17) is 4.74 Å². The lowest BCUT2D eigenvalue weighted by atomic mass is 10.2. The van der Waals surface area contributed by atoms with Crippen LogP contribution < -0.4 is 0 Å². The third-order valence-electron chi connectivity index (χ3n) is 2.17. The summed E-state index contributed by atoms with van der Waals surface area (Å²) in [7, 11) is 0. The molecular weight excluding hydrogens is 172 g/mol. The highest BCUT2D eigenvalue weighted by Crippen LogP contribution is 2.21. The molecule has 0 atom stereocenters. The van der Waals surface area contributed by atoms with E-state index in [9.17, 15) is 0 Å². The molecule has 3 nitrogen and oxygen atoms in total. The molecule has 1 aliphatic rings. The van der Waals surface area contributed by atoms with Crippen LogP contribution in [0.5, 0.6) is 0 Å². The summed E-state index contributed by atoms with van der Waals surface area (Å²) in [6.45, 7) is 1.53. The number of hydrogen-bond donors (Lipinski definition) is 0. The van der Waals surface area contributed by atoms with E-state index in [2.05, 4.69) is 21.0 Å². The Morgan fingerprint density at radius 1 is 1.58 bits per heavy atom. The van der Waals surface area contributed by atoms with Crippen molar-refractivity contribution in [2.75, 3.05) is 6.61 Å². The first kappa shape index (κ1) is 6.62. The Bertz CT molecular complexity index is 418. The molecule has 0 radical (unpaired) electrons. The second-order valence-corrected chi connectivity index (χ2v) is 3.74. The van der Waals surface area contributed by atoms with Crippen molar-refractivity contribution in [1.82, 2.24) is 9.38 Å². The Balaban J connectivity index is 2.34. The van der Waals surface area contributed by atoms with Crippen LogP contribution in [-0.4, -0.2) is 16.0 Å². The van der Waals surface area contributed by atoms with Crippen molar-refractivity contribution in [3.63, 3.8) is 0 Å². The molecule has 0 bridgehead atoms. The number of aromatic nitrogens is 2. The molecule has 12 heavy (non-hydrogen) atoms. The van der Waals surface area contributed by atoms with Crippen molar-refractivity contribution < 1.29 is 4.74 Å². The summed E-state index contributed by atoms with van der Waals surface area (Å²) in [4.78, 5) is 5.60. The fourth-order valence-electron chi connectivity index (χ4n) is 1.57. The van der Waals surface area contributed by atoms with Gasteiger partial charge in [0.25, 0.3) is 0 Å². The molecule has 3 rings (SSSR count). The molecule has 3 heterocycles. The molecule has 62 valence electrons. The average molecular weight is 180 g/mol. The molecule has 0 spiro atoms. The van der Waals surface area contributed by atoms with Crippen molar-refractivity contribution in [3.8, 4) is 0 Å². The number of nitrogens with zero attached hydrogens (tertiary/aromatic N) is 2. The van der Waals surface area contributed by atoms with E-state index < -0.39 is 0 Å². The zero-order valence-corrected chi connectivity index (χ0v) is 7.30. The Morgan fingerprint density at radius 2 is 2.58 bits per heavy atom. The van der Waals surface area contributed by atoms with Crippen LogP contribution in [0.1, 0.15) is 11.4 Å². The highest BCUT2D eigenvalue weighted by molar-refractivity contribution is 7.15. The molecular formula is C8H8N2OS. The van der Waals surface area contributed by atoms with Gasteiger partial charge in [-0.15, -0.1) is 11.3 Å². The van der Waals surface area contributed by atoms with Gasteiger partial charge in [-0.2, -0.15) is 0 Å². The van der Waals surface area contributed by atoms with E-state index >= 15 is 0 Å². The van der Waals surface area contributed by atoms with E-state index in [0.717, 1.165) is 18.0 Å². The van der Waals surface area contributed by atoms with Gasteiger partial charge in [-0.1, -0.05) is 0 Å². The van der Waals surface area contributed by atoms with E-state index in [-0.39, 0.29) is 0 Å². The lowest BCUT2D eigenvalue weighted by Crippen LogP contribution is -2.10. The summed E-state index contributed by atoms with van der Waals surface area (Å²) in [5.41, 5.74) is 2.45. The maximum Gasteiger partial charge on any atom is 0.194 e. The molecule has 4 heteroatoms. The molecule has 0 N–H and O–H groups in total. The van der Waals surface area contributed by atoms with Crippen molar-refractivity contribution in [2.45, 2.75) is 13.0 Å². The summed E-state index contributed by atoms with van der Waals surface area (Å²) in [5.74, 6) is 0. The third kappa shape index (κ3) is 0.763. The molecule has 0 amide bonds. The standard InChI is InChI=1S/C8H8N2OS/c1-3-11-5-7-6(1)9-8-10(7)2-4-12-8/h2,4H,1,3,5H2. The zero-order chi connectivity index (χ0) is 7.97. The van der Waals surface area contributed by atoms with Crippen LogP contribution in [0.15, 0.2) is 11.6 Å². The summed E-state index contributed by atoms with van der Waals surface area (Å²) < 4.78 is 7.50. The smallest absolute Gasteiger partial charge is 0.194 e. The van der Waals surface area contributed by atoms with Crippen LogP contribution in [0.4, 0.5) is 0 Å². The number of fused-ring (bicyclic) bond motifs is 3. The van der Waals surface area contributed by atoms with Gasteiger partial charge in [0.2, 0.25) is 0 Å². The minimum Gasteiger partial charge on any atom is -0.375 e. The summed E-state index contributed by atoms with van der Waals surface area (Å²) in [6, 6.07) is 0. The van der Waals surface area contributed by atoms with Gasteiger partial charge < -0.3 is 4.74 Å². The second kappa shape index (κ2) is 2.31. The maximum absolute atomic E-state index is 5.38. The van der Waals surface area contributed by atoms with Crippen LogP contribution in [0, 0.1) is 0 Å². The molecule has 2 aromatic rings. The Morgan fingerprint density at radius 3 is 3.58 bits per heavy atom.